The number of aromatic nitrogens is 2. The Balaban J connectivity index is 1.49. The van der Waals surface area contributed by atoms with Gasteiger partial charge in [0.25, 0.3) is 0 Å². The fourth-order valence-electron chi connectivity index (χ4n) is 2.61. The van der Waals surface area contributed by atoms with Gasteiger partial charge in [0.15, 0.2) is 0 Å². The molecule has 6 heteroatoms. The van der Waals surface area contributed by atoms with Crippen LogP contribution in [-0.2, 0) is 11.2 Å². The lowest BCUT2D eigenvalue weighted by atomic mass is 10.0. The maximum Gasteiger partial charge on any atom is 0.226 e. The number of thioether (sulfide) groups is 1. The summed E-state index contributed by atoms with van der Waals surface area (Å²) in [5.41, 5.74) is 0. The Hall–Kier alpha value is -0.590. The van der Waals surface area contributed by atoms with Crippen molar-refractivity contribution in [2.75, 3.05) is 24.7 Å². The van der Waals surface area contributed by atoms with E-state index in [0.29, 0.717) is 6.04 Å². The normalized spacial score (nSPS) is 28.4. The molecule has 1 N–H and O–H groups in total. The van der Waals surface area contributed by atoms with Gasteiger partial charge in [-0.25, -0.2) is 0 Å². The molecular formula is C13H21N3O2S. The van der Waals surface area contributed by atoms with Crippen LogP contribution in [0, 0.1) is 0 Å². The third kappa shape index (κ3) is 3.70. The zero-order valence-electron chi connectivity index (χ0n) is 11.1. The Bertz CT molecular complexity index is 387. The summed E-state index contributed by atoms with van der Waals surface area (Å²) in [5, 5.41) is 7.60. The van der Waals surface area contributed by atoms with E-state index in [-0.39, 0.29) is 6.10 Å². The Kier molecular flexibility index (Phi) is 4.74. The molecule has 0 amide bonds. The first-order valence-electron chi connectivity index (χ1n) is 7.17. The van der Waals surface area contributed by atoms with E-state index in [4.69, 9.17) is 9.26 Å². The fraction of sp³-hybridized carbons (Fsp3) is 0.846. The van der Waals surface area contributed by atoms with E-state index >= 15 is 0 Å². The molecule has 106 valence electrons. The molecule has 2 unspecified atom stereocenters. The molecule has 19 heavy (non-hydrogen) atoms. The van der Waals surface area contributed by atoms with Crippen molar-refractivity contribution in [1.29, 1.82) is 0 Å². The van der Waals surface area contributed by atoms with Crippen LogP contribution in [0.4, 0.5) is 0 Å². The molecule has 0 bridgehead atoms. The number of hydrogen-bond acceptors (Lipinski definition) is 6. The van der Waals surface area contributed by atoms with Crippen LogP contribution in [0.1, 0.15) is 43.5 Å². The average molecular weight is 283 g/mol. The van der Waals surface area contributed by atoms with E-state index in [1.807, 2.05) is 11.8 Å². The van der Waals surface area contributed by atoms with Crippen LogP contribution >= 0.6 is 11.8 Å². The number of hydrogen-bond donors (Lipinski definition) is 1. The van der Waals surface area contributed by atoms with Gasteiger partial charge in [-0.2, -0.15) is 16.7 Å². The predicted octanol–water partition coefficient (Wildman–Crippen LogP) is 1.95. The molecule has 0 aliphatic carbocycles. The molecule has 2 fully saturated rings. The van der Waals surface area contributed by atoms with E-state index in [2.05, 4.69) is 15.5 Å². The van der Waals surface area contributed by atoms with Crippen molar-refractivity contribution in [3.63, 3.8) is 0 Å². The maximum absolute atomic E-state index is 5.65. The largest absolute Gasteiger partial charge is 0.368 e. The van der Waals surface area contributed by atoms with Gasteiger partial charge in [-0.3, -0.25) is 0 Å². The third-order valence-electron chi connectivity index (χ3n) is 3.71. The zero-order chi connectivity index (χ0) is 12.9. The van der Waals surface area contributed by atoms with E-state index in [9.17, 15) is 0 Å². The van der Waals surface area contributed by atoms with Crippen molar-refractivity contribution < 1.29 is 9.26 Å². The van der Waals surface area contributed by atoms with Crippen LogP contribution in [0.15, 0.2) is 4.52 Å². The molecule has 2 saturated heterocycles. The molecule has 1 aromatic heterocycles. The highest BCUT2D eigenvalue weighted by atomic mass is 32.2. The smallest absolute Gasteiger partial charge is 0.226 e. The predicted molar refractivity (Wildman–Crippen MR) is 74.3 cm³/mol. The molecule has 2 atom stereocenters. The monoisotopic (exact) mass is 283 g/mol. The summed E-state index contributed by atoms with van der Waals surface area (Å²) in [5.74, 6) is 3.47. The highest BCUT2D eigenvalue weighted by Gasteiger charge is 2.22. The number of ether oxygens (including phenoxy) is 1. The third-order valence-corrected chi connectivity index (χ3v) is 4.70. The molecule has 3 heterocycles. The topological polar surface area (TPSA) is 60.2 Å². The number of nitrogens with one attached hydrogen (secondary N) is 1. The van der Waals surface area contributed by atoms with Gasteiger partial charge in [0.05, 0.1) is 6.61 Å². The number of rotatable bonds is 4. The molecule has 0 radical (unpaired) electrons. The summed E-state index contributed by atoms with van der Waals surface area (Å²) in [6.07, 6.45) is 5.87. The second kappa shape index (κ2) is 6.72. The van der Waals surface area contributed by atoms with Gasteiger partial charge in [-0.05, 0) is 25.8 Å². The summed E-state index contributed by atoms with van der Waals surface area (Å²) in [6, 6.07) is 0.616. The van der Waals surface area contributed by atoms with E-state index in [1.54, 1.807) is 0 Å². The molecule has 3 rings (SSSR count). The van der Waals surface area contributed by atoms with Crippen molar-refractivity contribution in [3.05, 3.63) is 11.7 Å². The highest BCUT2D eigenvalue weighted by Crippen LogP contribution is 2.24. The Morgan fingerprint density at radius 1 is 1.37 bits per heavy atom. The summed E-state index contributed by atoms with van der Waals surface area (Å²) < 4.78 is 11.0. The van der Waals surface area contributed by atoms with Gasteiger partial charge >= 0.3 is 0 Å². The average Bonchev–Trinajstić information content (AvgIpc) is 2.96. The molecular weight excluding hydrogens is 262 g/mol. The molecule has 0 spiro atoms. The van der Waals surface area contributed by atoms with Gasteiger partial charge in [-0.1, -0.05) is 11.6 Å². The van der Waals surface area contributed by atoms with E-state index in [1.165, 1.54) is 19.3 Å². The van der Waals surface area contributed by atoms with Gasteiger partial charge in [0.1, 0.15) is 6.10 Å². The minimum atomic E-state index is 0.0176. The summed E-state index contributed by atoms with van der Waals surface area (Å²) in [6.45, 7) is 1.93. The van der Waals surface area contributed by atoms with E-state index in [0.717, 1.165) is 49.2 Å². The maximum atomic E-state index is 5.65. The van der Waals surface area contributed by atoms with Crippen LogP contribution in [0.25, 0.3) is 0 Å². The first-order valence-corrected chi connectivity index (χ1v) is 8.32. The molecule has 5 nitrogen and oxygen atoms in total. The van der Waals surface area contributed by atoms with Gasteiger partial charge in [-0.15, -0.1) is 0 Å². The van der Waals surface area contributed by atoms with Crippen molar-refractivity contribution in [2.45, 2.75) is 44.2 Å². The minimum absolute atomic E-state index is 0.0176. The van der Waals surface area contributed by atoms with Gasteiger partial charge in [0.2, 0.25) is 11.7 Å². The SMILES string of the molecule is C1CCC(CCc2nc(C3CSCCO3)no2)NC1. The second-order valence-electron chi connectivity index (χ2n) is 5.17. The zero-order valence-corrected chi connectivity index (χ0v) is 12.0. The summed E-state index contributed by atoms with van der Waals surface area (Å²) >= 11 is 1.89. The molecule has 1 aromatic rings. The minimum Gasteiger partial charge on any atom is -0.368 e. The number of piperidine rings is 1. The molecule has 2 aliphatic heterocycles. The number of aryl methyl sites for hydroxylation is 1. The second-order valence-corrected chi connectivity index (χ2v) is 6.32. The van der Waals surface area contributed by atoms with Crippen molar-refractivity contribution in [1.82, 2.24) is 15.5 Å². The lowest BCUT2D eigenvalue weighted by Crippen LogP contribution is -2.34. The summed E-state index contributed by atoms with van der Waals surface area (Å²) in [4.78, 5) is 4.47. The van der Waals surface area contributed by atoms with Crippen molar-refractivity contribution in [2.24, 2.45) is 0 Å². The van der Waals surface area contributed by atoms with Crippen LogP contribution in [-0.4, -0.2) is 40.8 Å². The first kappa shape index (κ1) is 13.4. The van der Waals surface area contributed by atoms with Crippen molar-refractivity contribution in [3.8, 4) is 0 Å². The molecule has 0 aromatic carbocycles. The Morgan fingerprint density at radius 3 is 3.16 bits per heavy atom. The first-order chi connectivity index (χ1) is 9.42. The quantitative estimate of drug-likeness (QED) is 0.911. The van der Waals surface area contributed by atoms with Gasteiger partial charge in [0, 0.05) is 24.0 Å². The molecule has 0 saturated carbocycles. The summed E-state index contributed by atoms with van der Waals surface area (Å²) in [7, 11) is 0. The fourth-order valence-corrected chi connectivity index (χ4v) is 3.45. The van der Waals surface area contributed by atoms with E-state index < -0.39 is 0 Å². The Morgan fingerprint density at radius 2 is 2.37 bits per heavy atom. The number of nitrogens with zero attached hydrogens (tertiary/aromatic N) is 2. The van der Waals surface area contributed by atoms with Crippen LogP contribution in [0.5, 0.6) is 0 Å². The van der Waals surface area contributed by atoms with Crippen molar-refractivity contribution >= 4 is 11.8 Å². The van der Waals surface area contributed by atoms with Crippen LogP contribution < -0.4 is 5.32 Å². The highest BCUT2D eigenvalue weighted by molar-refractivity contribution is 7.99. The van der Waals surface area contributed by atoms with Crippen LogP contribution in [0.3, 0.4) is 0 Å². The standard InChI is InChI=1S/C13H21N3O2S/c1-2-6-14-10(3-1)4-5-12-15-13(16-18-12)11-9-19-8-7-17-11/h10-11,14H,1-9H2. The lowest BCUT2D eigenvalue weighted by Gasteiger charge is -2.22. The Labute approximate surface area is 117 Å². The lowest BCUT2D eigenvalue weighted by molar-refractivity contribution is 0.0677. The molecule has 2 aliphatic rings. The van der Waals surface area contributed by atoms with Gasteiger partial charge < -0.3 is 14.6 Å². The van der Waals surface area contributed by atoms with Crippen LogP contribution in [0.2, 0.25) is 0 Å².